The maximum absolute atomic E-state index is 5.31. The minimum Gasteiger partial charge on any atom is -0.361 e. The average molecular weight is 194 g/mol. The number of hydrogen-bond donors (Lipinski definition) is 1. The lowest BCUT2D eigenvalue weighted by Gasteiger charge is -2.02. The van der Waals surface area contributed by atoms with E-state index in [2.05, 4.69) is 30.4 Å². The Kier molecular flexibility index (Phi) is 2.87. The predicted octanol–water partition coefficient (Wildman–Crippen LogP) is 1.95. The fraction of sp³-hybridized carbons (Fsp3) is 0.727. The first-order valence-electron chi connectivity index (χ1n) is 5.42. The second-order valence-electron chi connectivity index (χ2n) is 4.44. The molecular weight excluding hydrogens is 176 g/mol. The first-order valence-corrected chi connectivity index (χ1v) is 5.42. The molecule has 0 aliphatic carbocycles. The van der Waals surface area contributed by atoms with Crippen molar-refractivity contribution in [3.8, 4) is 0 Å². The number of hydrogen-bond acceptors (Lipinski definition) is 3. The van der Waals surface area contributed by atoms with E-state index in [9.17, 15) is 0 Å². The first-order chi connectivity index (χ1) is 6.75. The van der Waals surface area contributed by atoms with Crippen molar-refractivity contribution in [3.63, 3.8) is 0 Å². The van der Waals surface area contributed by atoms with Crippen LogP contribution in [0.2, 0.25) is 0 Å². The Balaban J connectivity index is 1.95. The Morgan fingerprint density at radius 3 is 3.07 bits per heavy atom. The van der Waals surface area contributed by atoms with Gasteiger partial charge in [-0.2, -0.15) is 0 Å². The van der Waals surface area contributed by atoms with E-state index in [0.717, 1.165) is 36.9 Å². The van der Waals surface area contributed by atoms with E-state index in [1.54, 1.807) is 0 Å². The van der Waals surface area contributed by atoms with Gasteiger partial charge in [0, 0.05) is 12.5 Å². The molecule has 3 nitrogen and oxygen atoms in total. The highest BCUT2D eigenvalue weighted by Crippen LogP contribution is 2.19. The molecule has 0 saturated carbocycles. The van der Waals surface area contributed by atoms with Gasteiger partial charge in [0.05, 0.1) is 5.69 Å². The summed E-state index contributed by atoms with van der Waals surface area (Å²) in [6.45, 7) is 6.55. The third-order valence-electron chi connectivity index (χ3n) is 2.82. The molecule has 2 heterocycles. The largest absolute Gasteiger partial charge is 0.361 e. The fourth-order valence-electron chi connectivity index (χ4n) is 1.87. The van der Waals surface area contributed by atoms with Crippen LogP contribution in [0.25, 0.3) is 0 Å². The minimum atomic E-state index is 0.467. The topological polar surface area (TPSA) is 38.1 Å². The second-order valence-corrected chi connectivity index (χ2v) is 4.44. The van der Waals surface area contributed by atoms with Crippen LogP contribution >= 0.6 is 0 Å². The highest BCUT2D eigenvalue weighted by atomic mass is 16.5. The zero-order valence-electron chi connectivity index (χ0n) is 8.92. The summed E-state index contributed by atoms with van der Waals surface area (Å²) < 4.78 is 5.31. The molecule has 1 N–H and O–H groups in total. The molecule has 0 spiro atoms. The van der Waals surface area contributed by atoms with E-state index < -0.39 is 0 Å². The van der Waals surface area contributed by atoms with E-state index in [4.69, 9.17) is 4.52 Å². The average Bonchev–Trinajstić information content (AvgIpc) is 2.75. The maximum atomic E-state index is 5.31. The van der Waals surface area contributed by atoms with Crippen molar-refractivity contribution in [2.45, 2.75) is 32.6 Å². The zero-order chi connectivity index (χ0) is 9.97. The quantitative estimate of drug-likeness (QED) is 0.799. The van der Waals surface area contributed by atoms with Crippen LogP contribution in [0, 0.1) is 5.92 Å². The number of rotatable bonds is 3. The highest BCUT2D eigenvalue weighted by molar-refractivity contribution is 5.09. The van der Waals surface area contributed by atoms with Crippen molar-refractivity contribution in [2.75, 3.05) is 13.1 Å². The summed E-state index contributed by atoms with van der Waals surface area (Å²) in [5.74, 6) is 2.25. The number of aromatic nitrogens is 1. The summed E-state index contributed by atoms with van der Waals surface area (Å²) in [5.41, 5.74) is 1.07. The van der Waals surface area contributed by atoms with Gasteiger partial charge < -0.3 is 9.84 Å². The van der Waals surface area contributed by atoms with Gasteiger partial charge in [0.25, 0.3) is 0 Å². The van der Waals surface area contributed by atoms with Crippen LogP contribution in [-0.2, 0) is 6.42 Å². The first kappa shape index (κ1) is 9.71. The third kappa shape index (κ3) is 2.15. The fourth-order valence-corrected chi connectivity index (χ4v) is 1.87. The van der Waals surface area contributed by atoms with Gasteiger partial charge in [-0.05, 0) is 31.3 Å². The molecule has 1 saturated heterocycles. The maximum Gasteiger partial charge on any atom is 0.137 e. The van der Waals surface area contributed by atoms with Crippen molar-refractivity contribution in [2.24, 2.45) is 5.92 Å². The smallest absolute Gasteiger partial charge is 0.137 e. The molecule has 3 heteroatoms. The van der Waals surface area contributed by atoms with Crippen molar-refractivity contribution in [3.05, 3.63) is 17.5 Å². The van der Waals surface area contributed by atoms with E-state index in [1.165, 1.54) is 6.42 Å². The molecule has 1 aliphatic rings. The standard InChI is InChI=1S/C11H18N2O/c1-8(2)11-6-10(14-13-11)5-9-3-4-12-7-9/h6,8-9,12H,3-5,7H2,1-2H3. The Morgan fingerprint density at radius 1 is 1.64 bits per heavy atom. The van der Waals surface area contributed by atoms with Crippen LogP contribution in [0.1, 0.15) is 37.6 Å². The summed E-state index contributed by atoms with van der Waals surface area (Å²) in [7, 11) is 0. The van der Waals surface area contributed by atoms with E-state index in [-0.39, 0.29) is 0 Å². The van der Waals surface area contributed by atoms with Crippen molar-refractivity contribution >= 4 is 0 Å². The van der Waals surface area contributed by atoms with Crippen LogP contribution < -0.4 is 5.32 Å². The Bertz CT molecular complexity index is 287. The van der Waals surface area contributed by atoms with E-state index in [1.807, 2.05) is 0 Å². The molecule has 0 radical (unpaired) electrons. The van der Waals surface area contributed by atoms with E-state index in [0.29, 0.717) is 5.92 Å². The molecule has 1 aromatic rings. The van der Waals surface area contributed by atoms with Crippen LogP contribution in [0.5, 0.6) is 0 Å². The van der Waals surface area contributed by atoms with Gasteiger partial charge in [-0.1, -0.05) is 19.0 Å². The number of nitrogens with zero attached hydrogens (tertiary/aromatic N) is 1. The Labute approximate surface area is 84.9 Å². The van der Waals surface area contributed by atoms with Gasteiger partial charge >= 0.3 is 0 Å². The molecule has 1 atom stereocenters. The molecule has 0 amide bonds. The predicted molar refractivity (Wildman–Crippen MR) is 55.3 cm³/mol. The Hall–Kier alpha value is -0.830. The lowest BCUT2D eigenvalue weighted by Crippen LogP contribution is -2.10. The molecule has 1 unspecified atom stereocenters. The molecule has 2 rings (SSSR count). The van der Waals surface area contributed by atoms with Crippen molar-refractivity contribution in [1.29, 1.82) is 0 Å². The number of nitrogens with one attached hydrogen (secondary N) is 1. The molecule has 1 fully saturated rings. The normalized spacial score (nSPS) is 22.1. The lowest BCUT2D eigenvalue weighted by atomic mass is 10.0. The second kappa shape index (κ2) is 4.13. The minimum absolute atomic E-state index is 0.467. The van der Waals surface area contributed by atoms with Crippen LogP contribution in [0.4, 0.5) is 0 Å². The molecular formula is C11H18N2O. The molecule has 0 bridgehead atoms. The van der Waals surface area contributed by atoms with Gasteiger partial charge in [-0.3, -0.25) is 0 Å². The summed E-state index contributed by atoms with van der Waals surface area (Å²) in [6.07, 6.45) is 2.30. The molecule has 78 valence electrons. The SMILES string of the molecule is CC(C)c1cc(CC2CCNC2)on1. The van der Waals surface area contributed by atoms with Crippen LogP contribution in [0.15, 0.2) is 10.6 Å². The summed E-state index contributed by atoms with van der Waals surface area (Å²) >= 11 is 0. The van der Waals surface area contributed by atoms with Crippen LogP contribution in [0.3, 0.4) is 0 Å². The van der Waals surface area contributed by atoms with Crippen molar-refractivity contribution < 1.29 is 4.52 Å². The van der Waals surface area contributed by atoms with Gasteiger partial charge in [-0.15, -0.1) is 0 Å². The monoisotopic (exact) mass is 194 g/mol. The third-order valence-corrected chi connectivity index (χ3v) is 2.82. The molecule has 1 aliphatic heterocycles. The summed E-state index contributed by atoms with van der Waals surface area (Å²) in [6, 6.07) is 2.10. The van der Waals surface area contributed by atoms with Gasteiger partial charge in [0.15, 0.2) is 0 Å². The van der Waals surface area contributed by atoms with Crippen molar-refractivity contribution in [1.82, 2.24) is 10.5 Å². The van der Waals surface area contributed by atoms with Gasteiger partial charge in [0.1, 0.15) is 5.76 Å². The molecule has 14 heavy (non-hydrogen) atoms. The van der Waals surface area contributed by atoms with E-state index >= 15 is 0 Å². The van der Waals surface area contributed by atoms with Gasteiger partial charge in [0.2, 0.25) is 0 Å². The molecule has 0 aromatic carbocycles. The molecule has 1 aromatic heterocycles. The summed E-state index contributed by atoms with van der Waals surface area (Å²) in [4.78, 5) is 0. The van der Waals surface area contributed by atoms with Crippen LogP contribution in [-0.4, -0.2) is 18.2 Å². The highest BCUT2D eigenvalue weighted by Gasteiger charge is 2.17. The van der Waals surface area contributed by atoms with Gasteiger partial charge in [-0.25, -0.2) is 0 Å². The Morgan fingerprint density at radius 2 is 2.50 bits per heavy atom. The zero-order valence-corrected chi connectivity index (χ0v) is 8.92. The summed E-state index contributed by atoms with van der Waals surface area (Å²) in [5, 5.41) is 7.42. The lowest BCUT2D eigenvalue weighted by molar-refractivity contribution is 0.357.